The number of hydrogen-bond donors (Lipinski definition) is 0. The molecule has 1 aliphatic rings. The van der Waals surface area contributed by atoms with Gasteiger partial charge in [0.2, 0.25) is 0 Å². The largest absolute Gasteiger partial charge is 0.299 e. The van der Waals surface area contributed by atoms with Gasteiger partial charge in [-0.1, -0.05) is 18.5 Å². The van der Waals surface area contributed by atoms with E-state index in [4.69, 9.17) is 11.6 Å². The maximum Gasteiger partial charge on any atom is 0.131 e. The third-order valence-corrected chi connectivity index (χ3v) is 3.78. The summed E-state index contributed by atoms with van der Waals surface area (Å²) in [5, 5.41) is 5.13. The predicted molar refractivity (Wildman–Crippen MR) is 66.6 cm³/mol. The Bertz CT molecular complexity index is 369. The molecule has 0 amide bonds. The van der Waals surface area contributed by atoms with E-state index in [1.54, 1.807) is 4.68 Å². The van der Waals surface area contributed by atoms with Gasteiger partial charge in [0.15, 0.2) is 0 Å². The minimum Gasteiger partial charge on any atom is -0.299 e. The highest BCUT2D eigenvalue weighted by Crippen LogP contribution is 2.30. The average molecular weight is 242 g/mol. The summed E-state index contributed by atoms with van der Waals surface area (Å²) in [5.41, 5.74) is 2.24. The molecule has 1 saturated carbocycles. The van der Waals surface area contributed by atoms with Gasteiger partial charge < -0.3 is 0 Å². The van der Waals surface area contributed by atoms with Crippen LogP contribution in [-0.4, -0.2) is 27.8 Å². The first-order valence-corrected chi connectivity index (χ1v) is 6.40. The second-order valence-corrected chi connectivity index (χ2v) is 5.11. The van der Waals surface area contributed by atoms with Crippen LogP contribution in [0.4, 0.5) is 0 Å². The molecule has 16 heavy (non-hydrogen) atoms. The number of nitrogens with zero attached hydrogens (tertiary/aromatic N) is 3. The zero-order valence-corrected chi connectivity index (χ0v) is 11.1. The van der Waals surface area contributed by atoms with Crippen LogP contribution in [0, 0.1) is 12.8 Å². The van der Waals surface area contributed by atoms with Crippen LogP contribution in [0.15, 0.2) is 0 Å². The SMILES string of the molecule is CCN(Cc1c(C)nn(C)c1Cl)CC1CC1. The Kier molecular flexibility index (Phi) is 3.55. The second kappa shape index (κ2) is 4.76. The summed E-state index contributed by atoms with van der Waals surface area (Å²) >= 11 is 6.24. The fourth-order valence-corrected chi connectivity index (χ4v) is 2.28. The monoisotopic (exact) mass is 241 g/mol. The van der Waals surface area contributed by atoms with Gasteiger partial charge in [-0.15, -0.1) is 0 Å². The lowest BCUT2D eigenvalue weighted by molar-refractivity contribution is 0.268. The normalized spacial score (nSPS) is 16.1. The Balaban J connectivity index is 2.05. The fraction of sp³-hybridized carbons (Fsp3) is 0.750. The van der Waals surface area contributed by atoms with Crippen molar-refractivity contribution in [2.75, 3.05) is 13.1 Å². The molecule has 0 radical (unpaired) electrons. The molecule has 0 bridgehead atoms. The number of aromatic nitrogens is 2. The zero-order valence-electron chi connectivity index (χ0n) is 10.3. The van der Waals surface area contributed by atoms with Crippen molar-refractivity contribution in [3.63, 3.8) is 0 Å². The van der Waals surface area contributed by atoms with Gasteiger partial charge in [-0.2, -0.15) is 5.10 Å². The molecule has 2 rings (SSSR count). The first-order valence-electron chi connectivity index (χ1n) is 6.02. The van der Waals surface area contributed by atoms with Crippen molar-refractivity contribution >= 4 is 11.6 Å². The van der Waals surface area contributed by atoms with Crippen molar-refractivity contribution < 1.29 is 0 Å². The van der Waals surface area contributed by atoms with E-state index in [1.165, 1.54) is 24.9 Å². The van der Waals surface area contributed by atoms with Gasteiger partial charge in [-0.25, -0.2) is 0 Å². The van der Waals surface area contributed by atoms with E-state index in [1.807, 2.05) is 14.0 Å². The Morgan fingerprint density at radius 3 is 2.62 bits per heavy atom. The van der Waals surface area contributed by atoms with Gasteiger partial charge in [0.1, 0.15) is 5.15 Å². The second-order valence-electron chi connectivity index (χ2n) is 4.75. The Morgan fingerprint density at radius 1 is 1.50 bits per heavy atom. The smallest absolute Gasteiger partial charge is 0.131 e. The first-order chi connectivity index (χ1) is 7.61. The van der Waals surface area contributed by atoms with E-state index in [0.717, 1.165) is 29.9 Å². The predicted octanol–water partition coefficient (Wildman–Crippen LogP) is 2.61. The van der Waals surface area contributed by atoms with Crippen LogP contribution in [0.25, 0.3) is 0 Å². The van der Waals surface area contributed by atoms with E-state index < -0.39 is 0 Å². The molecule has 0 aliphatic heterocycles. The lowest BCUT2D eigenvalue weighted by Gasteiger charge is -2.19. The van der Waals surface area contributed by atoms with Crippen LogP contribution in [0.3, 0.4) is 0 Å². The van der Waals surface area contributed by atoms with Crippen molar-refractivity contribution in [3.05, 3.63) is 16.4 Å². The topological polar surface area (TPSA) is 21.1 Å². The summed E-state index contributed by atoms with van der Waals surface area (Å²) in [7, 11) is 1.90. The lowest BCUT2D eigenvalue weighted by atomic mass is 10.2. The summed E-state index contributed by atoms with van der Waals surface area (Å²) in [4.78, 5) is 2.47. The summed E-state index contributed by atoms with van der Waals surface area (Å²) in [5.74, 6) is 0.927. The van der Waals surface area contributed by atoms with E-state index in [0.29, 0.717) is 0 Å². The summed E-state index contributed by atoms with van der Waals surface area (Å²) in [6.45, 7) is 7.47. The molecule has 1 fully saturated rings. The number of rotatable bonds is 5. The molecule has 1 aliphatic carbocycles. The summed E-state index contributed by atoms with van der Waals surface area (Å²) in [6, 6.07) is 0. The molecule has 3 nitrogen and oxygen atoms in total. The van der Waals surface area contributed by atoms with E-state index in [9.17, 15) is 0 Å². The van der Waals surface area contributed by atoms with Crippen molar-refractivity contribution in [2.45, 2.75) is 33.2 Å². The standard InChI is InChI=1S/C12H20ClN3/c1-4-16(7-10-5-6-10)8-11-9(2)14-15(3)12(11)13/h10H,4-8H2,1-3H3. The van der Waals surface area contributed by atoms with Crippen molar-refractivity contribution in [3.8, 4) is 0 Å². The fourth-order valence-electron chi connectivity index (χ4n) is 2.05. The maximum absolute atomic E-state index is 6.24. The van der Waals surface area contributed by atoms with Gasteiger partial charge in [-0.05, 0) is 32.2 Å². The van der Waals surface area contributed by atoms with Crippen LogP contribution >= 0.6 is 11.6 Å². The van der Waals surface area contributed by atoms with Gasteiger partial charge in [0, 0.05) is 25.7 Å². The molecule has 4 heteroatoms. The van der Waals surface area contributed by atoms with E-state index in [2.05, 4.69) is 16.9 Å². The molecular formula is C12H20ClN3. The molecule has 0 aromatic carbocycles. The van der Waals surface area contributed by atoms with Crippen LogP contribution in [0.1, 0.15) is 31.0 Å². The van der Waals surface area contributed by atoms with Crippen LogP contribution in [0.5, 0.6) is 0 Å². The van der Waals surface area contributed by atoms with Gasteiger partial charge >= 0.3 is 0 Å². The van der Waals surface area contributed by atoms with Crippen LogP contribution < -0.4 is 0 Å². The maximum atomic E-state index is 6.24. The number of hydrogen-bond acceptors (Lipinski definition) is 2. The minimum atomic E-state index is 0.784. The molecule has 0 unspecified atom stereocenters. The quantitative estimate of drug-likeness (QED) is 0.790. The molecule has 0 spiro atoms. The first kappa shape index (κ1) is 11.9. The Hall–Kier alpha value is -0.540. The van der Waals surface area contributed by atoms with E-state index in [-0.39, 0.29) is 0 Å². The summed E-state index contributed by atoms with van der Waals surface area (Å²) < 4.78 is 1.76. The molecular weight excluding hydrogens is 222 g/mol. The highest BCUT2D eigenvalue weighted by Gasteiger charge is 2.24. The van der Waals surface area contributed by atoms with Gasteiger partial charge in [0.05, 0.1) is 5.69 Å². The van der Waals surface area contributed by atoms with Crippen LogP contribution in [-0.2, 0) is 13.6 Å². The molecule has 90 valence electrons. The molecule has 0 atom stereocenters. The Morgan fingerprint density at radius 2 is 2.19 bits per heavy atom. The molecule has 0 N–H and O–H groups in total. The molecule has 1 aromatic rings. The summed E-state index contributed by atoms with van der Waals surface area (Å²) in [6.07, 6.45) is 2.80. The third-order valence-electron chi connectivity index (χ3n) is 3.31. The van der Waals surface area contributed by atoms with Crippen molar-refractivity contribution in [1.29, 1.82) is 0 Å². The average Bonchev–Trinajstić information content (AvgIpc) is 3.02. The molecule has 1 heterocycles. The number of halogens is 1. The Labute approximate surface area is 102 Å². The van der Waals surface area contributed by atoms with Crippen LogP contribution in [0.2, 0.25) is 5.15 Å². The van der Waals surface area contributed by atoms with Crippen molar-refractivity contribution in [2.24, 2.45) is 13.0 Å². The van der Waals surface area contributed by atoms with Gasteiger partial charge in [0.25, 0.3) is 0 Å². The van der Waals surface area contributed by atoms with Gasteiger partial charge in [-0.3, -0.25) is 9.58 Å². The highest BCUT2D eigenvalue weighted by molar-refractivity contribution is 6.30. The zero-order chi connectivity index (χ0) is 11.7. The van der Waals surface area contributed by atoms with Crippen molar-refractivity contribution in [1.82, 2.24) is 14.7 Å². The third kappa shape index (κ3) is 2.58. The minimum absolute atomic E-state index is 0.784. The molecule has 1 aromatic heterocycles. The number of aryl methyl sites for hydroxylation is 2. The molecule has 0 saturated heterocycles. The van der Waals surface area contributed by atoms with E-state index >= 15 is 0 Å². The highest BCUT2D eigenvalue weighted by atomic mass is 35.5. The lowest BCUT2D eigenvalue weighted by Crippen LogP contribution is -2.25.